The van der Waals surface area contributed by atoms with E-state index in [-0.39, 0.29) is 6.04 Å². The molecule has 0 amide bonds. The van der Waals surface area contributed by atoms with Crippen LogP contribution in [0.2, 0.25) is 0 Å². The highest BCUT2D eigenvalue weighted by molar-refractivity contribution is 5.11. The van der Waals surface area contributed by atoms with E-state index in [1.165, 1.54) is 18.5 Å². The van der Waals surface area contributed by atoms with Crippen LogP contribution in [0.5, 0.6) is 0 Å². The zero-order valence-electron chi connectivity index (χ0n) is 10.6. The lowest BCUT2D eigenvalue weighted by Crippen LogP contribution is -2.38. The summed E-state index contributed by atoms with van der Waals surface area (Å²) in [6.45, 7) is 2.02. The fraction of sp³-hybridized carbons (Fsp3) is 0.769. The Morgan fingerprint density at radius 1 is 1.59 bits per heavy atom. The third-order valence-electron chi connectivity index (χ3n) is 4.25. The van der Waals surface area contributed by atoms with E-state index in [0.29, 0.717) is 18.1 Å². The van der Waals surface area contributed by atoms with Crippen LogP contribution in [0.3, 0.4) is 0 Å². The Hall–Kier alpha value is -0.870. The molecule has 1 aromatic rings. The van der Waals surface area contributed by atoms with Gasteiger partial charge in [-0.2, -0.15) is 5.10 Å². The van der Waals surface area contributed by atoms with Crippen molar-refractivity contribution in [1.82, 2.24) is 9.78 Å². The Morgan fingerprint density at radius 2 is 2.41 bits per heavy atom. The van der Waals surface area contributed by atoms with E-state index in [0.717, 1.165) is 18.5 Å². The Labute approximate surface area is 102 Å². The van der Waals surface area contributed by atoms with Crippen molar-refractivity contribution in [3.8, 4) is 0 Å². The van der Waals surface area contributed by atoms with Crippen molar-refractivity contribution in [2.75, 3.05) is 0 Å². The molecule has 3 rings (SSSR count). The summed E-state index contributed by atoms with van der Waals surface area (Å²) < 4.78 is 7.82. The molecule has 4 nitrogen and oxygen atoms in total. The minimum Gasteiger partial charge on any atom is -0.375 e. The van der Waals surface area contributed by atoms with Crippen LogP contribution >= 0.6 is 0 Å². The molecule has 2 N–H and O–H groups in total. The number of nitrogens with two attached hydrogens (primary N) is 1. The van der Waals surface area contributed by atoms with Crippen LogP contribution in [0.1, 0.15) is 30.7 Å². The molecular weight excluding hydrogens is 214 g/mol. The molecule has 2 saturated heterocycles. The van der Waals surface area contributed by atoms with Crippen LogP contribution in [0, 0.1) is 12.8 Å². The second kappa shape index (κ2) is 4.10. The number of aryl methyl sites for hydroxylation is 2. The van der Waals surface area contributed by atoms with E-state index in [1.54, 1.807) is 0 Å². The van der Waals surface area contributed by atoms with Gasteiger partial charge >= 0.3 is 0 Å². The van der Waals surface area contributed by atoms with Crippen LogP contribution in [-0.4, -0.2) is 28.0 Å². The molecule has 4 unspecified atom stereocenters. The van der Waals surface area contributed by atoms with Crippen molar-refractivity contribution in [2.24, 2.45) is 18.7 Å². The summed E-state index contributed by atoms with van der Waals surface area (Å²) in [5.41, 5.74) is 8.66. The first kappa shape index (κ1) is 11.2. The second-order valence-corrected chi connectivity index (χ2v) is 5.54. The highest BCUT2D eigenvalue weighted by atomic mass is 16.5. The summed E-state index contributed by atoms with van der Waals surface area (Å²) in [4.78, 5) is 0. The second-order valence-electron chi connectivity index (χ2n) is 5.54. The molecule has 0 aliphatic carbocycles. The van der Waals surface area contributed by atoms with Crippen molar-refractivity contribution >= 4 is 0 Å². The van der Waals surface area contributed by atoms with Gasteiger partial charge in [0.1, 0.15) is 0 Å². The van der Waals surface area contributed by atoms with Crippen molar-refractivity contribution in [2.45, 2.75) is 50.9 Å². The molecule has 0 spiro atoms. The van der Waals surface area contributed by atoms with Crippen LogP contribution in [0.4, 0.5) is 0 Å². The van der Waals surface area contributed by atoms with Gasteiger partial charge in [0, 0.05) is 31.1 Å². The standard InChI is InChI=1S/C13H21N3O/c1-8-5-9(16(2)15-8)6-12(14)11-7-10-3-4-13(11)17-10/h5,10-13H,3-4,6-7,14H2,1-2H3. The molecule has 3 heterocycles. The van der Waals surface area contributed by atoms with Crippen LogP contribution in [0.15, 0.2) is 6.07 Å². The fourth-order valence-corrected chi connectivity index (χ4v) is 3.38. The zero-order valence-corrected chi connectivity index (χ0v) is 10.6. The summed E-state index contributed by atoms with van der Waals surface area (Å²) in [6.07, 6.45) is 5.41. The quantitative estimate of drug-likeness (QED) is 0.855. The lowest BCUT2D eigenvalue weighted by molar-refractivity contribution is 0.0884. The van der Waals surface area contributed by atoms with Crippen molar-refractivity contribution in [3.63, 3.8) is 0 Å². The zero-order chi connectivity index (χ0) is 12.0. The Balaban J connectivity index is 1.67. The maximum atomic E-state index is 6.35. The molecule has 2 bridgehead atoms. The molecule has 17 heavy (non-hydrogen) atoms. The minimum atomic E-state index is 0.208. The van der Waals surface area contributed by atoms with Crippen molar-refractivity contribution in [3.05, 3.63) is 17.5 Å². The van der Waals surface area contributed by atoms with E-state index in [9.17, 15) is 0 Å². The maximum absolute atomic E-state index is 6.35. The number of rotatable bonds is 3. The Kier molecular flexibility index (Phi) is 2.71. The van der Waals surface area contributed by atoms with Gasteiger partial charge in [-0.3, -0.25) is 4.68 Å². The summed E-state index contributed by atoms with van der Waals surface area (Å²) in [7, 11) is 1.99. The summed E-state index contributed by atoms with van der Waals surface area (Å²) >= 11 is 0. The monoisotopic (exact) mass is 235 g/mol. The van der Waals surface area contributed by atoms with Gasteiger partial charge in [0.15, 0.2) is 0 Å². The van der Waals surface area contributed by atoms with Gasteiger partial charge in [-0.05, 0) is 32.3 Å². The highest BCUT2D eigenvalue weighted by Gasteiger charge is 2.43. The van der Waals surface area contributed by atoms with Crippen molar-refractivity contribution in [1.29, 1.82) is 0 Å². The van der Waals surface area contributed by atoms with E-state index < -0.39 is 0 Å². The molecule has 4 atom stereocenters. The third-order valence-corrected chi connectivity index (χ3v) is 4.25. The summed E-state index contributed by atoms with van der Waals surface area (Å²) in [5, 5.41) is 4.37. The van der Waals surface area contributed by atoms with E-state index in [4.69, 9.17) is 10.5 Å². The fourth-order valence-electron chi connectivity index (χ4n) is 3.38. The van der Waals surface area contributed by atoms with Crippen LogP contribution in [-0.2, 0) is 18.2 Å². The molecule has 2 aliphatic heterocycles. The number of aromatic nitrogens is 2. The minimum absolute atomic E-state index is 0.208. The van der Waals surface area contributed by atoms with Gasteiger partial charge in [-0.1, -0.05) is 0 Å². The predicted molar refractivity (Wildman–Crippen MR) is 65.6 cm³/mol. The smallest absolute Gasteiger partial charge is 0.0623 e. The molecule has 94 valence electrons. The molecule has 0 aromatic carbocycles. The summed E-state index contributed by atoms with van der Waals surface area (Å²) in [6, 6.07) is 2.34. The average Bonchev–Trinajstić information content (AvgIpc) is 2.94. The first-order valence-electron chi connectivity index (χ1n) is 6.54. The predicted octanol–water partition coefficient (Wildman–Crippen LogP) is 1.17. The lowest BCUT2D eigenvalue weighted by Gasteiger charge is -2.25. The summed E-state index contributed by atoms with van der Waals surface area (Å²) in [5.74, 6) is 0.545. The van der Waals surface area contributed by atoms with Gasteiger partial charge in [-0.25, -0.2) is 0 Å². The Bertz CT molecular complexity index is 415. The lowest BCUT2D eigenvalue weighted by atomic mass is 9.82. The third kappa shape index (κ3) is 2.00. The van der Waals surface area contributed by atoms with E-state index >= 15 is 0 Å². The molecule has 0 saturated carbocycles. The topological polar surface area (TPSA) is 53.1 Å². The van der Waals surface area contributed by atoms with Crippen LogP contribution < -0.4 is 5.73 Å². The SMILES string of the molecule is Cc1cc(CC(N)C2CC3CCC2O3)n(C)n1. The highest BCUT2D eigenvalue weighted by Crippen LogP contribution is 2.40. The average molecular weight is 235 g/mol. The maximum Gasteiger partial charge on any atom is 0.0623 e. The normalized spacial score (nSPS) is 33.2. The van der Waals surface area contributed by atoms with Gasteiger partial charge in [0.2, 0.25) is 0 Å². The van der Waals surface area contributed by atoms with E-state index in [2.05, 4.69) is 11.2 Å². The Morgan fingerprint density at radius 3 is 2.94 bits per heavy atom. The molecule has 1 aromatic heterocycles. The largest absolute Gasteiger partial charge is 0.375 e. The van der Waals surface area contributed by atoms with Gasteiger partial charge in [-0.15, -0.1) is 0 Å². The number of hydrogen-bond donors (Lipinski definition) is 1. The molecule has 2 aliphatic rings. The number of hydrogen-bond acceptors (Lipinski definition) is 3. The first-order valence-corrected chi connectivity index (χ1v) is 6.54. The number of fused-ring (bicyclic) bond motifs is 2. The molecular formula is C13H21N3O. The van der Waals surface area contributed by atoms with Gasteiger partial charge < -0.3 is 10.5 Å². The van der Waals surface area contributed by atoms with Crippen molar-refractivity contribution < 1.29 is 4.74 Å². The first-order chi connectivity index (χ1) is 8.13. The molecule has 2 fully saturated rings. The van der Waals surface area contributed by atoms with Gasteiger partial charge in [0.25, 0.3) is 0 Å². The van der Waals surface area contributed by atoms with Gasteiger partial charge in [0.05, 0.1) is 17.9 Å². The molecule has 4 heteroatoms. The van der Waals surface area contributed by atoms with E-state index in [1.807, 2.05) is 18.7 Å². The molecule has 0 radical (unpaired) electrons. The van der Waals surface area contributed by atoms with Crippen LogP contribution in [0.25, 0.3) is 0 Å². The number of nitrogens with zero attached hydrogens (tertiary/aromatic N) is 2. The number of ether oxygens (including phenoxy) is 1.